The number of likely N-dealkylation sites (tertiary alicyclic amines) is 1. The minimum atomic E-state index is 0.148. The molecule has 104 valence electrons. The molecule has 1 aromatic rings. The van der Waals surface area contributed by atoms with Gasteiger partial charge in [-0.05, 0) is 36.9 Å². The molecule has 0 bridgehead atoms. The highest BCUT2D eigenvalue weighted by Gasteiger charge is 2.24. The van der Waals surface area contributed by atoms with E-state index in [4.69, 9.17) is 5.11 Å². The lowest BCUT2D eigenvalue weighted by molar-refractivity contribution is 0.299. The lowest BCUT2D eigenvalue weighted by atomic mass is 9.95. The third-order valence-electron chi connectivity index (χ3n) is 3.74. The Balaban J connectivity index is 1.86. The van der Waals surface area contributed by atoms with Crippen LogP contribution in [0.2, 0.25) is 0 Å². The molecule has 1 aromatic heterocycles. The zero-order valence-electron chi connectivity index (χ0n) is 11.9. The first-order chi connectivity index (χ1) is 9.19. The van der Waals surface area contributed by atoms with Crippen LogP contribution in [-0.4, -0.2) is 29.7 Å². The van der Waals surface area contributed by atoms with Crippen molar-refractivity contribution < 1.29 is 5.11 Å². The summed E-state index contributed by atoms with van der Waals surface area (Å²) < 4.78 is 0. The summed E-state index contributed by atoms with van der Waals surface area (Å²) in [6, 6.07) is 4.29. The molecule has 1 unspecified atom stereocenters. The van der Waals surface area contributed by atoms with Crippen molar-refractivity contribution in [3.8, 4) is 11.8 Å². The second-order valence-corrected chi connectivity index (χ2v) is 6.74. The van der Waals surface area contributed by atoms with E-state index >= 15 is 0 Å². The maximum atomic E-state index is 8.70. The SMILES string of the molecule is CC(C)C1CCN(Cc2ccc(C#CCCO)s2)C1. The number of hydrogen-bond acceptors (Lipinski definition) is 3. The summed E-state index contributed by atoms with van der Waals surface area (Å²) in [5.41, 5.74) is 0. The third-order valence-corrected chi connectivity index (χ3v) is 4.73. The van der Waals surface area contributed by atoms with E-state index in [0.717, 1.165) is 23.3 Å². The van der Waals surface area contributed by atoms with Gasteiger partial charge in [0.2, 0.25) is 0 Å². The summed E-state index contributed by atoms with van der Waals surface area (Å²) in [7, 11) is 0. The first-order valence-corrected chi connectivity index (χ1v) is 7.91. The van der Waals surface area contributed by atoms with Crippen molar-refractivity contribution in [1.82, 2.24) is 4.90 Å². The van der Waals surface area contributed by atoms with Gasteiger partial charge in [0, 0.05) is 24.4 Å². The van der Waals surface area contributed by atoms with E-state index in [1.807, 2.05) is 0 Å². The molecule has 1 aliphatic rings. The Bertz CT molecular complexity index is 455. The van der Waals surface area contributed by atoms with Crippen LogP contribution in [0.4, 0.5) is 0 Å². The van der Waals surface area contributed by atoms with Gasteiger partial charge >= 0.3 is 0 Å². The highest BCUT2D eigenvalue weighted by Crippen LogP contribution is 2.26. The molecule has 3 heteroatoms. The van der Waals surface area contributed by atoms with Crippen LogP contribution in [0.1, 0.15) is 36.4 Å². The highest BCUT2D eigenvalue weighted by molar-refractivity contribution is 7.12. The maximum Gasteiger partial charge on any atom is 0.0771 e. The first kappa shape index (κ1) is 14.6. The second-order valence-electron chi connectivity index (χ2n) is 5.57. The molecule has 1 N–H and O–H groups in total. The van der Waals surface area contributed by atoms with Crippen LogP contribution >= 0.6 is 11.3 Å². The summed E-state index contributed by atoms with van der Waals surface area (Å²) in [5.74, 6) is 7.75. The molecule has 0 aromatic carbocycles. The summed E-state index contributed by atoms with van der Waals surface area (Å²) in [6.07, 6.45) is 1.90. The zero-order chi connectivity index (χ0) is 13.7. The summed E-state index contributed by atoms with van der Waals surface area (Å²) in [4.78, 5) is 5.07. The van der Waals surface area contributed by atoms with Gasteiger partial charge in [0.25, 0.3) is 0 Å². The number of aliphatic hydroxyl groups excluding tert-OH is 1. The van der Waals surface area contributed by atoms with Gasteiger partial charge in [0.05, 0.1) is 11.5 Å². The van der Waals surface area contributed by atoms with Crippen molar-refractivity contribution in [2.45, 2.75) is 33.2 Å². The predicted octanol–water partition coefficient (Wildman–Crippen LogP) is 2.96. The number of thiophene rings is 1. The Morgan fingerprint density at radius 2 is 2.32 bits per heavy atom. The number of nitrogens with zero attached hydrogens (tertiary/aromatic N) is 1. The van der Waals surface area contributed by atoms with Crippen molar-refractivity contribution >= 4 is 11.3 Å². The van der Waals surface area contributed by atoms with Crippen LogP contribution < -0.4 is 0 Å². The van der Waals surface area contributed by atoms with Crippen LogP contribution in [0.25, 0.3) is 0 Å². The number of aliphatic hydroxyl groups is 1. The van der Waals surface area contributed by atoms with Crippen LogP contribution in [0, 0.1) is 23.7 Å². The molecule has 2 nitrogen and oxygen atoms in total. The average molecular weight is 277 g/mol. The average Bonchev–Trinajstić information content (AvgIpc) is 3.00. The van der Waals surface area contributed by atoms with Gasteiger partial charge in [-0.2, -0.15) is 0 Å². The minimum Gasteiger partial charge on any atom is -0.395 e. The topological polar surface area (TPSA) is 23.5 Å². The third kappa shape index (κ3) is 4.35. The summed E-state index contributed by atoms with van der Waals surface area (Å²) in [6.45, 7) is 8.33. The zero-order valence-corrected chi connectivity index (χ0v) is 12.7. The monoisotopic (exact) mass is 277 g/mol. The Hall–Kier alpha value is -0.820. The largest absolute Gasteiger partial charge is 0.395 e. The van der Waals surface area contributed by atoms with Gasteiger partial charge in [-0.15, -0.1) is 11.3 Å². The molecule has 1 saturated heterocycles. The normalized spacial score (nSPS) is 19.7. The van der Waals surface area contributed by atoms with E-state index in [-0.39, 0.29) is 6.61 Å². The molecular formula is C16H23NOS. The van der Waals surface area contributed by atoms with Crippen molar-refractivity contribution in [2.75, 3.05) is 19.7 Å². The van der Waals surface area contributed by atoms with Crippen molar-refractivity contribution in [2.24, 2.45) is 11.8 Å². The Morgan fingerprint density at radius 3 is 3.00 bits per heavy atom. The predicted molar refractivity (Wildman–Crippen MR) is 81.1 cm³/mol. The summed E-state index contributed by atoms with van der Waals surface area (Å²) in [5, 5.41) is 8.70. The summed E-state index contributed by atoms with van der Waals surface area (Å²) >= 11 is 1.78. The van der Waals surface area contributed by atoms with Crippen LogP contribution in [0.5, 0.6) is 0 Å². The highest BCUT2D eigenvalue weighted by atomic mass is 32.1. The van der Waals surface area contributed by atoms with E-state index in [2.05, 4.69) is 42.7 Å². The van der Waals surface area contributed by atoms with Gasteiger partial charge in [0.15, 0.2) is 0 Å². The lowest BCUT2D eigenvalue weighted by Crippen LogP contribution is -2.20. The molecule has 2 heterocycles. The quantitative estimate of drug-likeness (QED) is 0.855. The Morgan fingerprint density at radius 1 is 1.47 bits per heavy atom. The van der Waals surface area contributed by atoms with E-state index in [1.165, 1.54) is 24.4 Å². The molecule has 1 fully saturated rings. The van der Waals surface area contributed by atoms with Crippen molar-refractivity contribution in [3.63, 3.8) is 0 Å². The molecule has 0 aliphatic carbocycles. The molecule has 0 radical (unpaired) electrons. The van der Waals surface area contributed by atoms with Crippen molar-refractivity contribution in [1.29, 1.82) is 0 Å². The van der Waals surface area contributed by atoms with Gasteiger partial charge < -0.3 is 5.11 Å². The molecule has 0 amide bonds. The Labute approximate surface area is 120 Å². The second kappa shape index (κ2) is 7.09. The fourth-order valence-corrected chi connectivity index (χ4v) is 3.43. The van der Waals surface area contributed by atoms with Crippen LogP contribution in [0.15, 0.2) is 12.1 Å². The lowest BCUT2D eigenvalue weighted by Gasteiger charge is -2.16. The number of rotatable bonds is 4. The molecule has 0 spiro atoms. The van der Waals surface area contributed by atoms with E-state index < -0.39 is 0 Å². The van der Waals surface area contributed by atoms with Crippen molar-refractivity contribution in [3.05, 3.63) is 21.9 Å². The molecule has 0 saturated carbocycles. The minimum absolute atomic E-state index is 0.148. The van der Waals surface area contributed by atoms with Gasteiger partial charge in [-0.25, -0.2) is 0 Å². The standard InChI is InChI=1S/C16H23NOS/c1-13(2)14-8-9-17(11-14)12-16-7-6-15(19-16)5-3-4-10-18/h6-7,13-14,18H,4,8-12H2,1-2H3. The van der Waals surface area contributed by atoms with Crippen LogP contribution in [0.3, 0.4) is 0 Å². The van der Waals surface area contributed by atoms with Gasteiger partial charge in [-0.1, -0.05) is 25.7 Å². The van der Waals surface area contributed by atoms with E-state index in [1.54, 1.807) is 11.3 Å². The van der Waals surface area contributed by atoms with Gasteiger partial charge in [-0.3, -0.25) is 4.90 Å². The fourth-order valence-electron chi connectivity index (χ4n) is 2.51. The maximum absolute atomic E-state index is 8.70. The Kier molecular flexibility index (Phi) is 5.45. The molecule has 1 atom stereocenters. The first-order valence-electron chi connectivity index (χ1n) is 7.10. The molecule has 2 rings (SSSR count). The molecule has 19 heavy (non-hydrogen) atoms. The van der Waals surface area contributed by atoms with Crippen LogP contribution in [-0.2, 0) is 6.54 Å². The van der Waals surface area contributed by atoms with E-state index in [0.29, 0.717) is 6.42 Å². The van der Waals surface area contributed by atoms with Gasteiger partial charge in [0.1, 0.15) is 0 Å². The molecule has 1 aliphatic heterocycles. The molecular weight excluding hydrogens is 254 g/mol. The smallest absolute Gasteiger partial charge is 0.0771 e. The van der Waals surface area contributed by atoms with E-state index in [9.17, 15) is 0 Å². The fraction of sp³-hybridized carbons (Fsp3) is 0.625. The number of hydrogen-bond donors (Lipinski definition) is 1.